The Balaban J connectivity index is 1.86. The molecule has 3 heteroatoms. The van der Waals surface area contributed by atoms with Gasteiger partial charge < -0.3 is 0 Å². The van der Waals surface area contributed by atoms with E-state index >= 15 is 0 Å². The number of hydrogen-bond acceptors (Lipinski definition) is 3. The third-order valence-corrected chi connectivity index (χ3v) is 4.49. The zero-order valence-electron chi connectivity index (χ0n) is 10.1. The lowest BCUT2D eigenvalue weighted by molar-refractivity contribution is -0.119. The molecule has 0 saturated heterocycles. The molecule has 0 aromatic carbocycles. The summed E-state index contributed by atoms with van der Waals surface area (Å²) in [7, 11) is 0. The van der Waals surface area contributed by atoms with Crippen molar-refractivity contribution in [3.63, 3.8) is 0 Å². The van der Waals surface area contributed by atoms with E-state index in [1.54, 1.807) is 11.3 Å². The van der Waals surface area contributed by atoms with Crippen molar-refractivity contribution in [2.24, 2.45) is 5.92 Å². The predicted molar refractivity (Wildman–Crippen MR) is 66.9 cm³/mol. The maximum absolute atomic E-state index is 11.9. The topological polar surface area (TPSA) is 30.0 Å². The second kappa shape index (κ2) is 5.09. The van der Waals surface area contributed by atoms with Crippen LogP contribution in [0, 0.1) is 19.8 Å². The van der Waals surface area contributed by atoms with Crippen molar-refractivity contribution in [1.82, 2.24) is 4.98 Å². The third-order valence-electron chi connectivity index (χ3n) is 3.41. The normalized spacial score (nSPS) is 16.9. The van der Waals surface area contributed by atoms with Crippen LogP contribution in [0.15, 0.2) is 0 Å². The van der Waals surface area contributed by atoms with Crippen LogP contribution in [-0.2, 0) is 11.2 Å². The highest BCUT2D eigenvalue weighted by Gasteiger charge is 2.19. The standard InChI is InChI=1S/C13H19NOS/c1-9-10(2)16-13(14-9)8-12(15)7-11-5-3-4-6-11/h11H,3-8H2,1-2H3. The molecule has 0 spiro atoms. The van der Waals surface area contributed by atoms with Gasteiger partial charge in [0.1, 0.15) is 10.8 Å². The van der Waals surface area contributed by atoms with Crippen LogP contribution >= 0.6 is 11.3 Å². The highest BCUT2D eigenvalue weighted by Crippen LogP contribution is 2.28. The molecule has 16 heavy (non-hydrogen) atoms. The molecule has 0 atom stereocenters. The van der Waals surface area contributed by atoms with Crippen LogP contribution in [0.1, 0.15) is 47.7 Å². The number of rotatable bonds is 4. The summed E-state index contributed by atoms with van der Waals surface area (Å²) >= 11 is 1.67. The van der Waals surface area contributed by atoms with Crippen molar-refractivity contribution in [1.29, 1.82) is 0 Å². The number of thiazole rings is 1. The Morgan fingerprint density at radius 1 is 1.38 bits per heavy atom. The minimum absolute atomic E-state index is 0.376. The molecule has 0 N–H and O–H groups in total. The molecule has 0 aliphatic heterocycles. The minimum Gasteiger partial charge on any atom is -0.299 e. The number of hydrogen-bond donors (Lipinski definition) is 0. The van der Waals surface area contributed by atoms with Gasteiger partial charge in [-0.1, -0.05) is 25.7 Å². The molecule has 1 aliphatic carbocycles. The van der Waals surface area contributed by atoms with E-state index in [0.29, 0.717) is 18.1 Å². The summed E-state index contributed by atoms with van der Waals surface area (Å²) in [5.41, 5.74) is 1.08. The van der Waals surface area contributed by atoms with E-state index in [1.165, 1.54) is 30.6 Å². The highest BCUT2D eigenvalue weighted by atomic mass is 32.1. The van der Waals surface area contributed by atoms with Crippen LogP contribution in [0.5, 0.6) is 0 Å². The van der Waals surface area contributed by atoms with Gasteiger partial charge >= 0.3 is 0 Å². The Morgan fingerprint density at radius 2 is 2.06 bits per heavy atom. The summed E-state index contributed by atoms with van der Waals surface area (Å²) in [6.07, 6.45) is 6.46. The molecule has 1 heterocycles. The molecule has 1 aromatic rings. The first-order valence-electron chi connectivity index (χ1n) is 6.09. The molecule has 2 rings (SSSR count). The smallest absolute Gasteiger partial charge is 0.139 e. The van der Waals surface area contributed by atoms with Gasteiger partial charge in [-0.05, 0) is 19.8 Å². The van der Waals surface area contributed by atoms with Gasteiger partial charge in [0.2, 0.25) is 0 Å². The molecule has 1 aliphatic rings. The van der Waals surface area contributed by atoms with Crippen LogP contribution in [0.4, 0.5) is 0 Å². The van der Waals surface area contributed by atoms with E-state index in [-0.39, 0.29) is 0 Å². The summed E-state index contributed by atoms with van der Waals surface area (Å²) in [5.74, 6) is 1.04. The molecule has 2 nitrogen and oxygen atoms in total. The highest BCUT2D eigenvalue weighted by molar-refractivity contribution is 7.11. The molecule has 1 fully saturated rings. The van der Waals surface area contributed by atoms with Gasteiger partial charge in [-0.15, -0.1) is 11.3 Å². The SMILES string of the molecule is Cc1nc(CC(=O)CC2CCCC2)sc1C. The number of aromatic nitrogens is 1. The van der Waals surface area contributed by atoms with E-state index < -0.39 is 0 Å². The Hall–Kier alpha value is -0.700. The first kappa shape index (κ1) is 11.8. The van der Waals surface area contributed by atoms with Crippen LogP contribution in [0.3, 0.4) is 0 Å². The number of nitrogens with zero attached hydrogens (tertiary/aromatic N) is 1. The Morgan fingerprint density at radius 3 is 2.62 bits per heavy atom. The summed E-state index contributed by atoms with van der Waals surface area (Å²) < 4.78 is 0. The van der Waals surface area contributed by atoms with Gasteiger partial charge in [0, 0.05) is 11.3 Å². The van der Waals surface area contributed by atoms with Crippen molar-refractivity contribution in [2.45, 2.75) is 52.4 Å². The molecule has 1 aromatic heterocycles. The Labute approximate surface area is 101 Å². The van der Waals surface area contributed by atoms with E-state index in [1.807, 2.05) is 6.92 Å². The summed E-state index contributed by atoms with van der Waals surface area (Å²) in [5, 5.41) is 0.998. The largest absolute Gasteiger partial charge is 0.299 e. The molecular formula is C13H19NOS. The summed E-state index contributed by atoms with van der Waals surface area (Å²) in [6.45, 7) is 4.08. The van der Waals surface area contributed by atoms with Crippen LogP contribution in [0.2, 0.25) is 0 Å². The lowest BCUT2D eigenvalue weighted by atomic mass is 10.00. The Kier molecular flexibility index (Phi) is 3.74. The number of ketones is 1. The molecule has 0 amide bonds. The number of Topliss-reactive ketones (excluding diaryl/α,β-unsaturated/α-hetero) is 1. The molecule has 0 unspecified atom stereocenters. The van der Waals surface area contributed by atoms with Crippen molar-refractivity contribution >= 4 is 17.1 Å². The van der Waals surface area contributed by atoms with Crippen molar-refractivity contribution in [3.05, 3.63) is 15.6 Å². The maximum atomic E-state index is 11.9. The van der Waals surface area contributed by atoms with Gasteiger partial charge in [-0.3, -0.25) is 4.79 Å². The molecule has 88 valence electrons. The zero-order valence-corrected chi connectivity index (χ0v) is 10.9. The molecule has 0 bridgehead atoms. The van der Waals surface area contributed by atoms with Crippen LogP contribution in [-0.4, -0.2) is 10.8 Å². The first-order chi connectivity index (χ1) is 7.65. The van der Waals surface area contributed by atoms with Gasteiger partial charge in [0.25, 0.3) is 0 Å². The number of aryl methyl sites for hydroxylation is 2. The summed E-state index contributed by atoms with van der Waals surface area (Å²) in [6, 6.07) is 0. The number of carbonyl (C=O) groups excluding carboxylic acids is 1. The molecule has 1 saturated carbocycles. The average Bonchev–Trinajstić information content (AvgIpc) is 2.78. The van der Waals surface area contributed by atoms with Gasteiger partial charge in [0.05, 0.1) is 12.1 Å². The fourth-order valence-corrected chi connectivity index (χ4v) is 3.35. The summed E-state index contributed by atoms with van der Waals surface area (Å²) in [4.78, 5) is 17.5. The predicted octanol–water partition coefficient (Wildman–Crippen LogP) is 3.45. The lowest BCUT2D eigenvalue weighted by Gasteiger charge is -2.05. The maximum Gasteiger partial charge on any atom is 0.139 e. The number of carbonyl (C=O) groups is 1. The van der Waals surface area contributed by atoms with Gasteiger partial charge in [-0.25, -0.2) is 4.98 Å². The minimum atomic E-state index is 0.376. The fraction of sp³-hybridized carbons (Fsp3) is 0.692. The van der Waals surface area contributed by atoms with Crippen molar-refractivity contribution in [3.8, 4) is 0 Å². The third kappa shape index (κ3) is 2.91. The van der Waals surface area contributed by atoms with E-state index in [2.05, 4.69) is 11.9 Å². The van der Waals surface area contributed by atoms with E-state index in [9.17, 15) is 4.79 Å². The second-order valence-electron chi connectivity index (χ2n) is 4.82. The van der Waals surface area contributed by atoms with Gasteiger partial charge in [0.15, 0.2) is 0 Å². The zero-order chi connectivity index (χ0) is 11.5. The first-order valence-corrected chi connectivity index (χ1v) is 6.91. The quantitative estimate of drug-likeness (QED) is 0.802. The van der Waals surface area contributed by atoms with Crippen LogP contribution < -0.4 is 0 Å². The van der Waals surface area contributed by atoms with Crippen molar-refractivity contribution < 1.29 is 4.79 Å². The van der Waals surface area contributed by atoms with E-state index in [0.717, 1.165) is 17.1 Å². The molecule has 0 radical (unpaired) electrons. The van der Waals surface area contributed by atoms with E-state index in [4.69, 9.17) is 0 Å². The lowest BCUT2D eigenvalue weighted by Crippen LogP contribution is -2.08. The van der Waals surface area contributed by atoms with Gasteiger partial charge in [-0.2, -0.15) is 0 Å². The van der Waals surface area contributed by atoms with Crippen LogP contribution in [0.25, 0.3) is 0 Å². The molecular weight excluding hydrogens is 218 g/mol. The van der Waals surface area contributed by atoms with Crippen molar-refractivity contribution in [2.75, 3.05) is 0 Å². The fourth-order valence-electron chi connectivity index (χ4n) is 2.39. The second-order valence-corrected chi connectivity index (χ2v) is 6.11. The monoisotopic (exact) mass is 237 g/mol. The Bertz CT molecular complexity index is 358. The average molecular weight is 237 g/mol.